The lowest BCUT2D eigenvalue weighted by molar-refractivity contribution is -0.235. The van der Waals surface area contributed by atoms with Gasteiger partial charge in [-0.05, 0) is 126 Å². The molecule has 31 heavy (non-hydrogen) atoms. The van der Waals surface area contributed by atoms with Gasteiger partial charge in [-0.1, -0.05) is 54.5 Å². The van der Waals surface area contributed by atoms with E-state index in [0.717, 1.165) is 35.7 Å². The number of fused-ring (bicyclic) bond motifs is 7. The highest BCUT2D eigenvalue weighted by atomic mass is 16.1. The average molecular weight is 425 g/mol. The van der Waals surface area contributed by atoms with Crippen LogP contribution < -0.4 is 0 Å². The Morgan fingerprint density at radius 1 is 0.774 bits per heavy atom. The maximum Gasteiger partial charge on any atom is 0.146 e. The van der Waals surface area contributed by atoms with Gasteiger partial charge in [-0.25, -0.2) is 0 Å². The molecule has 1 heteroatoms. The molecule has 4 fully saturated rings. The molecule has 0 bridgehead atoms. The van der Waals surface area contributed by atoms with Crippen LogP contribution in [0, 0.1) is 56.7 Å². The molecule has 0 amide bonds. The SMILES string of the molecule is CC(C)[C@H]1CC[C@@H]2[C@]1(C)CC[C@]1(C)[C@H]3CC[C@]4(C)C(C=O)=CCC[C@H]4[C@]3(C)CC[C@@]21C. The van der Waals surface area contributed by atoms with E-state index in [1.807, 2.05) is 0 Å². The van der Waals surface area contributed by atoms with Gasteiger partial charge in [-0.2, -0.15) is 0 Å². The fraction of sp³-hybridized carbons (Fsp3) is 0.900. The standard InChI is InChI=1S/C30H48O/c1-20(2)22-11-12-24-27(22,4)15-17-30(7)25-13-14-26(3)21(19-31)9-8-10-23(26)28(25,5)16-18-29(24,30)6/h9,19-20,22-25H,8,10-18H2,1-7H3/t22-,23-,24-,25+,26-,27-,28+,29+,30-/m1/s1. The van der Waals surface area contributed by atoms with Crippen LogP contribution in [0.15, 0.2) is 11.6 Å². The summed E-state index contributed by atoms with van der Waals surface area (Å²) in [5.41, 5.74) is 3.15. The van der Waals surface area contributed by atoms with Gasteiger partial charge in [-0.15, -0.1) is 0 Å². The quantitative estimate of drug-likeness (QED) is 0.408. The van der Waals surface area contributed by atoms with Crippen LogP contribution in [0.5, 0.6) is 0 Å². The maximum absolute atomic E-state index is 12.0. The first-order valence-electron chi connectivity index (χ1n) is 13.6. The molecule has 0 unspecified atom stereocenters. The lowest BCUT2D eigenvalue weighted by Crippen LogP contribution is -2.66. The molecule has 5 aliphatic rings. The first-order valence-corrected chi connectivity index (χ1v) is 13.6. The lowest BCUT2D eigenvalue weighted by Gasteiger charge is -2.73. The molecule has 0 spiro atoms. The van der Waals surface area contributed by atoms with E-state index in [9.17, 15) is 4.79 Å². The Bertz CT molecular complexity index is 794. The molecule has 0 N–H and O–H groups in total. The van der Waals surface area contributed by atoms with Gasteiger partial charge in [0.25, 0.3) is 0 Å². The highest BCUT2D eigenvalue weighted by molar-refractivity contribution is 5.76. The number of carbonyl (C=O) groups excluding carboxylic acids is 1. The number of rotatable bonds is 2. The summed E-state index contributed by atoms with van der Waals surface area (Å²) in [7, 11) is 0. The minimum Gasteiger partial charge on any atom is -0.298 e. The van der Waals surface area contributed by atoms with E-state index >= 15 is 0 Å². The zero-order valence-corrected chi connectivity index (χ0v) is 21.5. The van der Waals surface area contributed by atoms with E-state index in [2.05, 4.69) is 54.5 Å². The maximum atomic E-state index is 12.0. The smallest absolute Gasteiger partial charge is 0.146 e. The molecule has 174 valence electrons. The second-order valence-corrected chi connectivity index (χ2v) is 14.2. The van der Waals surface area contributed by atoms with Crippen molar-refractivity contribution >= 4 is 6.29 Å². The summed E-state index contributed by atoms with van der Waals surface area (Å²) in [5, 5.41) is 0. The molecular weight excluding hydrogens is 376 g/mol. The van der Waals surface area contributed by atoms with E-state index in [1.54, 1.807) is 0 Å². The number of hydrogen-bond acceptors (Lipinski definition) is 1. The van der Waals surface area contributed by atoms with Gasteiger partial charge in [0.15, 0.2) is 0 Å². The molecule has 0 aliphatic heterocycles. The van der Waals surface area contributed by atoms with E-state index in [1.165, 1.54) is 64.1 Å². The minimum absolute atomic E-state index is 0.120. The van der Waals surface area contributed by atoms with E-state index in [0.29, 0.717) is 27.6 Å². The molecule has 4 saturated carbocycles. The third-order valence-electron chi connectivity index (χ3n) is 13.3. The number of hydrogen-bond donors (Lipinski definition) is 0. The van der Waals surface area contributed by atoms with Crippen molar-refractivity contribution in [1.29, 1.82) is 0 Å². The van der Waals surface area contributed by atoms with Crippen LogP contribution in [0.3, 0.4) is 0 Å². The molecule has 0 saturated heterocycles. The van der Waals surface area contributed by atoms with Crippen LogP contribution in [0.4, 0.5) is 0 Å². The molecule has 5 aliphatic carbocycles. The molecule has 0 radical (unpaired) electrons. The zero-order chi connectivity index (χ0) is 22.4. The van der Waals surface area contributed by atoms with Crippen molar-refractivity contribution in [2.24, 2.45) is 56.7 Å². The summed E-state index contributed by atoms with van der Waals surface area (Å²) >= 11 is 0. The molecule has 0 heterocycles. The van der Waals surface area contributed by atoms with Gasteiger partial charge in [0.2, 0.25) is 0 Å². The molecule has 1 nitrogen and oxygen atoms in total. The Kier molecular flexibility index (Phi) is 4.82. The summed E-state index contributed by atoms with van der Waals surface area (Å²) in [4.78, 5) is 12.0. The molecule has 9 atom stereocenters. The predicted molar refractivity (Wildman–Crippen MR) is 130 cm³/mol. The highest BCUT2D eigenvalue weighted by Crippen LogP contribution is 2.78. The highest BCUT2D eigenvalue weighted by Gasteiger charge is 2.71. The monoisotopic (exact) mass is 424 g/mol. The van der Waals surface area contributed by atoms with E-state index in [-0.39, 0.29) is 5.41 Å². The van der Waals surface area contributed by atoms with E-state index < -0.39 is 0 Å². The van der Waals surface area contributed by atoms with Crippen LogP contribution in [0.1, 0.15) is 113 Å². The summed E-state index contributed by atoms with van der Waals surface area (Å²) in [6.07, 6.45) is 17.0. The number of allylic oxidation sites excluding steroid dienone is 2. The van der Waals surface area contributed by atoms with Crippen LogP contribution in [0.2, 0.25) is 0 Å². The van der Waals surface area contributed by atoms with Gasteiger partial charge in [-0.3, -0.25) is 4.79 Å². The zero-order valence-electron chi connectivity index (χ0n) is 21.5. The first kappa shape index (κ1) is 22.2. The molecule has 0 aromatic heterocycles. The van der Waals surface area contributed by atoms with Gasteiger partial charge >= 0.3 is 0 Å². The van der Waals surface area contributed by atoms with Crippen molar-refractivity contribution in [3.8, 4) is 0 Å². The first-order chi connectivity index (χ1) is 14.5. The Morgan fingerprint density at radius 3 is 2.00 bits per heavy atom. The molecular formula is C30H48O. The third-order valence-corrected chi connectivity index (χ3v) is 13.3. The summed E-state index contributed by atoms with van der Waals surface area (Å²) in [5.74, 6) is 4.15. The minimum atomic E-state index is 0.120. The Hall–Kier alpha value is -0.590. The van der Waals surface area contributed by atoms with Gasteiger partial charge in [0, 0.05) is 0 Å². The second kappa shape index (κ2) is 6.73. The van der Waals surface area contributed by atoms with Crippen molar-refractivity contribution < 1.29 is 4.79 Å². The summed E-state index contributed by atoms with van der Waals surface area (Å²) in [6, 6.07) is 0. The Morgan fingerprint density at radius 2 is 1.39 bits per heavy atom. The second-order valence-electron chi connectivity index (χ2n) is 14.2. The molecule has 0 aromatic carbocycles. The lowest BCUT2D eigenvalue weighted by atomic mass is 9.32. The van der Waals surface area contributed by atoms with Crippen molar-refractivity contribution in [2.45, 2.75) is 113 Å². The van der Waals surface area contributed by atoms with Crippen LogP contribution in [0.25, 0.3) is 0 Å². The van der Waals surface area contributed by atoms with Crippen LogP contribution in [-0.4, -0.2) is 6.29 Å². The number of carbonyl (C=O) groups is 1. The van der Waals surface area contributed by atoms with Crippen molar-refractivity contribution in [2.75, 3.05) is 0 Å². The summed E-state index contributed by atoms with van der Waals surface area (Å²) < 4.78 is 0. The average Bonchev–Trinajstić information content (AvgIpc) is 3.08. The van der Waals surface area contributed by atoms with Crippen molar-refractivity contribution in [3.05, 3.63) is 11.6 Å². The van der Waals surface area contributed by atoms with E-state index in [4.69, 9.17) is 0 Å². The molecule has 5 rings (SSSR count). The predicted octanol–water partition coefficient (Wildman–Crippen LogP) is 8.23. The van der Waals surface area contributed by atoms with Gasteiger partial charge in [0.05, 0.1) is 0 Å². The summed E-state index contributed by atoms with van der Waals surface area (Å²) in [6.45, 7) is 18.2. The molecule has 0 aromatic rings. The third kappa shape index (κ3) is 2.53. The fourth-order valence-corrected chi connectivity index (χ4v) is 11.7. The van der Waals surface area contributed by atoms with Gasteiger partial charge in [0.1, 0.15) is 6.29 Å². The normalized spacial score (nSPS) is 56.2. The van der Waals surface area contributed by atoms with Crippen molar-refractivity contribution in [3.63, 3.8) is 0 Å². The van der Waals surface area contributed by atoms with Gasteiger partial charge < -0.3 is 0 Å². The fourth-order valence-electron chi connectivity index (χ4n) is 11.7. The Labute approximate surface area is 192 Å². The topological polar surface area (TPSA) is 17.1 Å². The van der Waals surface area contributed by atoms with Crippen LogP contribution >= 0.6 is 0 Å². The largest absolute Gasteiger partial charge is 0.298 e. The van der Waals surface area contributed by atoms with Crippen LogP contribution in [-0.2, 0) is 4.79 Å². The number of aldehydes is 1. The Balaban J connectivity index is 1.54. The van der Waals surface area contributed by atoms with Crippen molar-refractivity contribution in [1.82, 2.24) is 0 Å².